The molecule has 2 aliphatic rings. The van der Waals surface area contributed by atoms with Gasteiger partial charge in [0.1, 0.15) is 17.9 Å². The molecule has 3 atom stereocenters. The summed E-state index contributed by atoms with van der Waals surface area (Å²) in [5.41, 5.74) is 6.59. The Kier molecular flexibility index (Phi) is 3.34. The van der Waals surface area contributed by atoms with Crippen molar-refractivity contribution in [3.63, 3.8) is 0 Å². The minimum Gasteiger partial charge on any atom is -0.395 e. The lowest BCUT2D eigenvalue weighted by Crippen LogP contribution is -2.55. The van der Waals surface area contributed by atoms with Gasteiger partial charge in [-0.1, -0.05) is 18.2 Å². The summed E-state index contributed by atoms with van der Waals surface area (Å²) in [6.45, 7) is -0.283. The van der Waals surface area contributed by atoms with Gasteiger partial charge in [-0.05, 0) is 23.4 Å². The van der Waals surface area contributed by atoms with Crippen LogP contribution < -0.4 is 16.4 Å². The number of carbonyl (C=O) groups is 1. The molecule has 0 saturated heterocycles. The molecule has 3 rings (SSSR count). The molecule has 0 spiro atoms. The van der Waals surface area contributed by atoms with Gasteiger partial charge < -0.3 is 16.2 Å². The Labute approximate surface area is 120 Å². The number of halogens is 1. The summed E-state index contributed by atoms with van der Waals surface area (Å²) >= 11 is 0. The van der Waals surface area contributed by atoms with E-state index in [9.17, 15) is 14.3 Å². The van der Waals surface area contributed by atoms with E-state index in [4.69, 9.17) is 5.73 Å². The normalized spacial score (nSPS) is 25.3. The van der Waals surface area contributed by atoms with Crippen LogP contribution in [0.4, 0.5) is 4.39 Å². The Hall–Kier alpha value is -2.41. The monoisotopic (exact) mass is 290 g/mol. The molecule has 2 heterocycles. The van der Waals surface area contributed by atoms with Crippen molar-refractivity contribution in [2.45, 2.75) is 18.0 Å². The molecule has 0 fully saturated rings. The molecule has 0 radical (unpaired) electrons. The van der Waals surface area contributed by atoms with Crippen molar-refractivity contribution in [3.05, 3.63) is 47.4 Å². The smallest absolute Gasteiger partial charge is 0.251 e. The number of hydrogen-bond acceptors (Lipinski definition) is 5. The lowest BCUT2D eigenvalue weighted by atomic mass is 9.86. The third-order valence-corrected chi connectivity index (χ3v) is 3.76. The average Bonchev–Trinajstić information content (AvgIpc) is 2.86. The van der Waals surface area contributed by atoms with E-state index in [-0.39, 0.29) is 18.5 Å². The highest BCUT2D eigenvalue weighted by molar-refractivity contribution is 6.02. The summed E-state index contributed by atoms with van der Waals surface area (Å²) in [5.74, 6) is -1.24. The lowest BCUT2D eigenvalue weighted by molar-refractivity contribution is -0.121. The molecule has 110 valence electrons. The number of aliphatic hydroxyl groups is 1. The highest BCUT2D eigenvalue weighted by Gasteiger charge is 2.41. The van der Waals surface area contributed by atoms with Crippen molar-refractivity contribution < 1.29 is 14.3 Å². The van der Waals surface area contributed by atoms with E-state index in [0.29, 0.717) is 11.1 Å². The largest absolute Gasteiger partial charge is 0.395 e. The van der Waals surface area contributed by atoms with E-state index in [0.717, 1.165) is 0 Å². The fraction of sp³-hybridized carbons (Fsp3) is 0.286. The number of hydrogen-bond donors (Lipinski definition) is 4. The van der Waals surface area contributed by atoms with Gasteiger partial charge in [-0.25, -0.2) is 9.38 Å². The number of nitrogens with zero attached hydrogens (tertiary/aromatic N) is 1. The molecule has 1 aromatic carbocycles. The highest BCUT2D eigenvalue weighted by atomic mass is 19.1. The molecule has 6 nitrogen and oxygen atoms in total. The van der Waals surface area contributed by atoms with Crippen LogP contribution in [-0.4, -0.2) is 35.7 Å². The second-order valence-corrected chi connectivity index (χ2v) is 4.99. The van der Waals surface area contributed by atoms with Crippen molar-refractivity contribution in [2.24, 2.45) is 10.7 Å². The molecule has 0 saturated carbocycles. The molecule has 1 amide bonds. The van der Waals surface area contributed by atoms with Crippen molar-refractivity contribution in [1.82, 2.24) is 10.6 Å². The van der Waals surface area contributed by atoms with E-state index in [1.807, 2.05) is 0 Å². The Balaban J connectivity index is 1.97. The maximum atomic E-state index is 14.0. The molecular formula is C14H15FN4O2. The number of nitrogens with one attached hydrogen (secondary N) is 2. The van der Waals surface area contributed by atoms with Gasteiger partial charge in [-0.2, -0.15) is 0 Å². The van der Waals surface area contributed by atoms with Gasteiger partial charge in [0, 0.05) is 5.92 Å². The number of aliphatic imine (C=N–C) groups is 1. The molecule has 2 unspecified atom stereocenters. The first-order valence-corrected chi connectivity index (χ1v) is 6.57. The third kappa shape index (κ3) is 2.25. The first kappa shape index (κ1) is 13.6. The molecule has 0 aromatic heterocycles. The molecule has 21 heavy (non-hydrogen) atoms. The average molecular weight is 290 g/mol. The van der Waals surface area contributed by atoms with Crippen LogP contribution in [0.5, 0.6) is 0 Å². The van der Waals surface area contributed by atoms with Crippen LogP contribution in [-0.2, 0) is 4.79 Å². The Morgan fingerprint density at radius 3 is 2.90 bits per heavy atom. The maximum Gasteiger partial charge on any atom is 0.251 e. The summed E-state index contributed by atoms with van der Waals surface area (Å²) in [7, 11) is 0. The SMILES string of the molecule is NC1=NC2C([C@@H](CO)c3ccccc3F)=CNC2C(=O)N1. The zero-order valence-corrected chi connectivity index (χ0v) is 11.1. The molecular weight excluding hydrogens is 275 g/mol. The number of benzene rings is 1. The van der Waals surface area contributed by atoms with Gasteiger partial charge >= 0.3 is 0 Å². The van der Waals surface area contributed by atoms with Gasteiger partial charge in [0.15, 0.2) is 5.96 Å². The molecule has 0 bridgehead atoms. The van der Waals surface area contributed by atoms with Crippen LogP contribution in [0, 0.1) is 5.82 Å². The zero-order chi connectivity index (χ0) is 15.0. The van der Waals surface area contributed by atoms with Crippen molar-refractivity contribution in [3.8, 4) is 0 Å². The second-order valence-electron chi connectivity index (χ2n) is 4.99. The number of aliphatic hydroxyl groups excluding tert-OH is 1. The van der Waals surface area contributed by atoms with Gasteiger partial charge in [0.2, 0.25) is 0 Å². The maximum absolute atomic E-state index is 14.0. The fourth-order valence-electron chi connectivity index (χ4n) is 2.76. The number of guanidine groups is 1. The fourth-order valence-corrected chi connectivity index (χ4v) is 2.76. The number of amides is 1. The van der Waals surface area contributed by atoms with Gasteiger partial charge in [0.05, 0.1) is 6.61 Å². The molecule has 2 aliphatic heterocycles. The molecule has 5 N–H and O–H groups in total. The van der Waals surface area contributed by atoms with Gasteiger partial charge in [0.25, 0.3) is 5.91 Å². The molecule has 7 heteroatoms. The van der Waals surface area contributed by atoms with Crippen LogP contribution in [0.25, 0.3) is 0 Å². The number of rotatable bonds is 3. The quantitative estimate of drug-likeness (QED) is 0.607. The van der Waals surface area contributed by atoms with Crippen LogP contribution >= 0.6 is 0 Å². The summed E-state index contributed by atoms with van der Waals surface area (Å²) in [4.78, 5) is 16.0. The summed E-state index contributed by atoms with van der Waals surface area (Å²) in [5, 5.41) is 15.0. The van der Waals surface area contributed by atoms with E-state index in [1.54, 1.807) is 24.4 Å². The first-order chi connectivity index (χ1) is 10.1. The molecule has 1 aromatic rings. The Bertz CT molecular complexity index is 644. The van der Waals surface area contributed by atoms with Crippen LogP contribution in [0.1, 0.15) is 11.5 Å². The number of carbonyl (C=O) groups excluding carboxylic acids is 1. The van der Waals surface area contributed by atoms with Gasteiger partial charge in [-0.15, -0.1) is 0 Å². The number of nitrogens with two attached hydrogens (primary N) is 1. The Morgan fingerprint density at radius 2 is 2.19 bits per heavy atom. The van der Waals surface area contributed by atoms with E-state index < -0.39 is 23.8 Å². The van der Waals surface area contributed by atoms with Crippen molar-refractivity contribution in [1.29, 1.82) is 0 Å². The topological polar surface area (TPSA) is 99.7 Å². The first-order valence-electron chi connectivity index (χ1n) is 6.57. The van der Waals surface area contributed by atoms with Gasteiger partial charge in [-0.3, -0.25) is 10.1 Å². The summed E-state index contributed by atoms with van der Waals surface area (Å²) in [6, 6.07) is 5.13. The molecule has 0 aliphatic carbocycles. The lowest BCUT2D eigenvalue weighted by Gasteiger charge is -2.27. The number of fused-ring (bicyclic) bond motifs is 1. The zero-order valence-electron chi connectivity index (χ0n) is 11.1. The van der Waals surface area contributed by atoms with Crippen LogP contribution in [0.3, 0.4) is 0 Å². The third-order valence-electron chi connectivity index (χ3n) is 3.76. The van der Waals surface area contributed by atoms with E-state index >= 15 is 0 Å². The van der Waals surface area contributed by atoms with Crippen molar-refractivity contribution in [2.75, 3.05) is 6.61 Å². The van der Waals surface area contributed by atoms with Crippen molar-refractivity contribution >= 4 is 11.9 Å². The summed E-state index contributed by atoms with van der Waals surface area (Å²) < 4.78 is 14.0. The minimum absolute atomic E-state index is 0.0288. The minimum atomic E-state index is -0.576. The second kappa shape index (κ2) is 5.17. The Morgan fingerprint density at radius 1 is 1.43 bits per heavy atom. The van der Waals surface area contributed by atoms with Crippen LogP contribution in [0.2, 0.25) is 0 Å². The highest BCUT2D eigenvalue weighted by Crippen LogP contribution is 2.33. The predicted molar refractivity (Wildman–Crippen MR) is 74.8 cm³/mol. The summed E-state index contributed by atoms with van der Waals surface area (Å²) in [6.07, 6.45) is 1.62. The van der Waals surface area contributed by atoms with Crippen LogP contribution in [0.15, 0.2) is 41.0 Å². The van der Waals surface area contributed by atoms with E-state index in [2.05, 4.69) is 15.6 Å². The predicted octanol–water partition coefficient (Wildman–Crippen LogP) is -0.430. The standard InChI is InChI=1S/C14H15FN4O2/c15-10-4-2-1-3-7(10)9(6-20)8-5-17-12-11(8)18-14(16)19-13(12)21/h1-5,9,11-12,17,20H,6H2,(H3,16,18,19,21)/t9-,11?,12?/m0/s1. The van der Waals surface area contributed by atoms with E-state index in [1.165, 1.54) is 6.07 Å².